The number of benzene rings is 2. The minimum Gasteiger partial charge on any atom is -0.486 e. The van der Waals surface area contributed by atoms with E-state index >= 15 is 0 Å². The lowest BCUT2D eigenvalue weighted by atomic mass is 10.1. The van der Waals surface area contributed by atoms with Crippen LogP contribution in [0.25, 0.3) is 0 Å². The summed E-state index contributed by atoms with van der Waals surface area (Å²) in [4.78, 5) is 11.0. The van der Waals surface area contributed by atoms with Gasteiger partial charge >= 0.3 is 0 Å². The summed E-state index contributed by atoms with van der Waals surface area (Å²) in [5.74, 6) is 1.08. The number of Topliss-reactive ketones (excluding diaryl/α,β-unsaturated/α-hetero) is 1. The van der Waals surface area contributed by atoms with Gasteiger partial charge < -0.3 is 9.53 Å². The molecule has 0 radical (unpaired) electrons. The minimum atomic E-state index is 0.0271. The lowest BCUT2D eigenvalue weighted by Gasteiger charge is -2.15. The smallest absolute Gasteiger partial charge is 0.130 e. The van der Waals surface area contributed by atoms with Crippen LogP contribution in [0.3, 0.4) is 0 Å². The summed E-state index contributed by atoms with van der Waals surface area (Å²) in [7, 11) is 0. The highest BCUT2D eigenvalue weighted by molar-refractivity contribution is 5.75. The van der Waals surface area contributed by atoms with Crippen LogP contribution in [0, 0.1) is 0 Å². The van der Waals surface area contributed by atoms with Crippen molar-refractivity contribution in [2.45, 2.75) is 32.8 Å². The molecule has 0 aliphatic rings. The van der Waals surface area contributed by atoms with Crippen LogP contribution in [0.15, 0.2) is 54.6 Å². The monoisotopic (exact) mass is 268 g/mol. The van der Waals surface area contributed by atoms with Crippen LogP contribution in [-0.4, -0.2) is 5.78 Å². The van der Waals surface area contributed by atoms with Crippen LogP contribution in [0.2, 0.25) is 0 Å². The Balaban J connectivity index is 1.95. The van der Waals surface area contributed by atoms with E-state index in [-0.39, 0.29) is 11.9 Å². The predicted molar refractivity (Wildman–Crippen MR) is 80.9 cm³/mol. The molecule has 0 heterocycles. The fourth-order valence-electron chi connectivity index (χ4n) is 2.05. The Morgan fingerprint density at radius 3 is 2.30 bits per heavy atom. The molecule has 2 aromatic rings. The number of carbonyl (C=O) groups is 1. The van der Waals surface area contributed by atoms with Gasteiger partial charge in [0.1, 0.15) is 17.6 Å². The average Bonchev–Trinajstić information content (AvgIpc) is 2.47. The number of hydrogen-bond acceptors (Lipinski definition) is 2. The topological polar surface area (TPSA) is 26.3 Å². The molecule has 0 saturated carbocycles. The lowest BCUT2D eigenvalue weighted by Crippen LogP contribution is -2.02. The SMILES string of the molecule is CC(=O)CCc1ccc(OC(C)c2ccccc2)cc1. The van der Waals surface area contributed by atoms with Gasteiger partial charge in [-0.3, -0.25) is 0 Å². The minimum absolute atomic E-state index is 0.0271. The zero-order valence-corrected chi connectivity index (χ0v) is 12.0. The Morgan fingerprint density at radius 1 is 1.05 bits per heavy atom. The van der Waals surface area contributed by atoms with Crippen molar-refractivity contribution in [1.29, 1.82) is 0 Å². The number of hydrogen-bond donors (Lipinski definition) is 0. The van der Waals surface area contributed by atoms with E-state index in [0.717, 1.165) is 17.7 Å². The van der Waals surface area contributed by atoms with E-state index in [9.17, 15) is 4.79 Å². The summed E-state index contributed by atoms with van der Waals surface area (Å²) in [6, 6.07) is 18.1. The summed E-state index contributed by atoms with van der Waals surface area (Å²) < 4.78 is 5.91. The molecule has 0 amide bonds. The predicted octanol–water partition coefficient (Wildman–Crippen LogP) is 4.35. The second kappa shape index (κ2) is 6.90. The number of carbonyl (C=O) groups excluding carboxylic acids is 1. The first-order valence-electron chi connectivity index (χ1n) is 6.95. The molecule has 0 aliphatic heterocycles. The maximum Gasteiger partial charge on any atom is 0.130 e. The third-order valence-corrected chi connectivity index (χ3v) is 3.27. The van der Waals surface area contributed by atoms with Crippen LogP contribution in [0.5, 0.6) is 5.75 Å². The fraction of sp³-hybridized carbons (Fsp3) is 0.278. The van der Waals surface area contributed by atoms with Crippen LogP contribution < -0.4 is 4.74 Å². The third kappa shape index (κ3) is 4.23. The van der Waals surface area contributed by atoms with E-state index < -0.39 is 0 Å². The van der Waals surface area contributed by atoms with Crippen molar-refractivity contribution in [3.05, 3.63) is 65.7 Å². The first-order chi connectivity index (χ1) is 9.65. The molecule has 1 unspecified atom stereocenters. The summed E-state index contributed by atoms with van der Waals surface area (Å²) in [6.45, 7) is 3.66. The highest BCUT2D eigenvalue weighted by Crippen LogP contribution is 2.22. The van der Waals surface area contributed by atoms with Gasteiger partial charge in [-0.25, -0.2) is 0 Å². The van der Waals surface area contributed by atoms with Crippen LogP contribution in [-0.2, 0) is 11.2 Å². The number of aryl methyl sites for hydroxylation is 1. The molecule has 0 aromatic heterocycles. The van der Waals surface area contributed by atoms with Crippen LogP contribution >= 0.6 is 0 Å². The van der Waals surface area contributed by atoms with E-state index in [4.69, 9.17) is 4.74 Å². The number of ketones is 1. The first kappa shape index (κ1) is 14.3. The zero-order valence-electron chi connectivity index (χ0n) is 12.0. The molecule has 104 valence electrons. The third-order valence-electron chi connectivity index (χ3n) is 3.27. The first-order valence-corrected chi connectivity index (χ1v) is 6.95. The average molecular weight is 268 g/mol. The summed E-state index contributed by atoms with van der Waals surface area (Å²) >= 11 is 0. The molecule has 20 heavy (non-hydrogen) atoms. The molecule has 1 atom stereocenters. The van der Waals surface area contributed by atoms with Gasteiger partial charge in [0.05, 0.1) is 0 Å². The van der Waals surface area contributed by atoms with Crippen LogP contribution in [0.1, 0.15) is 37.5 Å². The highest BCUT2D eigenvalue weighted by atomic mass is 16.5. The molecule has 2 nitrogen and oxygen atoms in total. The number of rotatable bonds is 6. The Hall–Kier alpha value is -2.09. The van der Waals surface area contributed by atoms with Crippen molar-refractivity contribution in [2.24, 2.45) is 0 Å². The zero-order chi connectivity index (χ0) is 14.4. The molecular weight excluding hydrogens is 248 g/mol. The summed E-state index contributed by atoms with van der Waals surface area (Å²) in [6.07, 6.45) is 1.42. The molecule has 0 aliphatic carbocycles. The standard InChI is InChI=1S/C18H20O2/c1-14(19)8-9-16-10-12-18(13-11-16)20-15(2)17-6-4-3-5-7-17/h3-7,10-13,15H,8-9H2,1-2H3. The van der Waals surface area contributed by atoms with Crippen molar-refractivity contribution in [3.63, 3.8) is 0 Å². The second-order valence-corrected chi connectivity index (χ2v) is 5.02. The van der Waals surface area contributed by atoms with E-state index in [0.29, 0.717) is 6.42 Å². The molecule has 2 rings (SSSR count). The van der Waals surface area contributed by atoms with Crippen molar-refractivity contribution < 1.29 is 9.53 Å². The van der Waals surface area contributed by atoms with Gasteiger partial charge in [-0.2, -0.15) is 0 Å². The van der Waals surface area contributed by atoms with Crippen molar-refractivity contribution in [1.82, 2.24) is 0 Å². The van der Waals surface area contributed by atoms with E-state index in [1.54, 1.807) is 6.92 Å². The van der Waals surface area contributed by atoms with E-state index in [2.05, 4.69) is 12.1 Å². The molecular formula is C18H20O2. The fourth-order valence-corrected chi connectivity index (χ4v) is 2.05. The molecule has 2 aromatic carbocycles. The Bertz CT molecular complexity index is 543. The second-order valence-electron chi connectivity index (χ2n) is 5.02. The molecule has 0 spiro atoms. The van der Waals surface area contributed by atoms with Crippen molar-refractivity contribution in [3.8, 4) is 5.75 Å². The Kier molecular flexibility index (Phi) is 4.94. The van der Waals surface area contributed by atoms with Gasteiger partial charge in [0, 0.05) is 6.42 Å². The maximum absolute atomic E-state index is 11.0. The van der Waals surface area contributed by atoms with E-state index in [1.807, 2.05) is 49.4 Å². The Labute approximate surface area is 120 Å². The molecule has 0 bridgehead atoms. The lowest BCUT2D eigenvalue weighted by molar-refractivity contribution is -0.116. The quantitative estimate of drug-likeness (QED) is 0.778. The highest BCUT2D eigenvalue weighted by Gasteiger charge is 2.06. The van der Waals surface area contributed by atoms with Gasteiger partial charge in [-0.15, -0.1) is 0 Å². The van der Waals surface area contributed by atoms with Gasteiger partial charge in [0.15, 0.2) is 0 Å². The molecule has 0 saturated heterocycles. The van der Waals surface area contributed by atoms with Gasteiger partial charge in [0.25, 0.3) is 0 Å². The largest absolute Gasteiger partial charge is 0.486 e. The summed E-state index contributed by atoms with van der Waals surface area (Å²) in [5.41, 5.74) is 2.33. The van der Waals surface area contributed by atoms with Crippen LogP contribution in [0.4, 0.5) is 0 Å². The summed E-state index contributed by atoms with van der Waals surface area (Å²) in [5, 5.41) is 0. The molecule has 0 fully saturated rings. The van der Waals surface area contributed by atoms with Gasteiger partial charge in [0.2, 0.25) is 0 Å². The van der Waals surface area contributed by atoms with Gasteiger partial charge in [-0.05, 0) is 43.5 Å². The Morgan fingerprint density at radius 2 is 1.70 bits per heavy atom. The normalized spacial score (nSPS) is 11.9. The van der Waals surface area contributed by atoms with Gasteiger partial charge in [-0.1, -0.05) is 42.5 Å². The molecule has 2 heteroatoms. The number of ether oxygens (including phenoxy) is 1. The van der Waals surface area contributed by atoms with Crippen molar-refractivity contribution >= 4 is 5.78 Å². The van der Waals surface area contributed by atoms with Crippen molar-refractivity contribution in [2.75, 3.05) is 0 Å². The van der Waals surface area contributed by atoms with E-state index in [1.165, 1.54) is 5.56 Å². The maximum atomic E-state index is 11.0. The molecule has 0 N–H and O–H groups in total.